The molecule has 0 saturated heterocycles. The smallest absolute Gasteiger partial charge is 0.0822 e. The minimum Gasteiger partial charge on any atom is -0.237 e. The number of halogens is 2. The molecular weight excluding hydrogens is 231 g/mol. The Morgan fingerprint density at radius 1 is 1.07 bits per heavy atom. The fourth-order valence-electron chi connectivity index (χ4n) is 1.26. The first-order valence-electron chi connectivity index (χ1n) is 4.93. The Labute approximate surface area is 100 Å². The van der Waals surface area contributed by atoms with E-state index in [0.717, 1.165) is 24.8 Å². The first-order chi connectivity index (χ1) is 7.22. The van der Waals surface area contributed by atoms with Crippen LogP contribution in [0.25, 0.3) is 6.08 Å². The van der Waals surface area contributed by atoms with Gasteiger partial charge in [0.2, 0.25) is 0 Å². The van der Waals surface area contributed by atoms with Gasteiger partial charge in [-0.3, -0.25) is 0 Å². The summed E-state index contributed by atoms with van der Waals surface area (Å²) in [5.41, 5.74) is 0.995. The van der Waals surface area contributed by atoms with Crippen LogP contribution in [0.1, 0.15) is 24.8 Å². The Morgan fingerprint density at radius 2 is 1.73 bits per heavy atom. The molecule has 15 heavy (non-hydrogen) atoms. The largest absolute Gasteiger partial charge is 0.237 e. The molecule has 0 amide bonds. The molecule has 1 aromatic carbocycles. The quantitative estimate of drug-likeness (QED) is 0.674. The second-order valence-corrected chi connectivity index (χ2v) is 4.18. The highest BCUT2D eigenvalue weighted by Crippen LogP contribution is 2.20. The van der Waals surface area contributed by atoms with Gasteiger partial charge in [-0.25, -0.2) is 5.11 Å². The standard InChI is InChI=1S/C12H13Cl2O/c13-11-7-10(8-12(14)9-11)5-3-1-2-4-6-15/h3,5,7-9H,1-2,4,6H2/b5-3+. The summed E-state index contributed by atoms with van der Waals surface area (Å²) in [6, 6.07) is 5.42. The molecule has 0 atom stereocenters. The summed E-state index contributed by atoms with van der Waals surface area (Å²) in [6.07, 6.45) is 6.61. The van der Waals surface area contributed by atoms with Gasteiger partial charge in [0.15, 0.2) is 0 Å². The van der Waals surface area contributed by atoms with Crippen LogP contribution in [0.5, 0.6) is 0 Å². The summed E-state index contributed by atoms with van der Waals surface area (Å²) in [6.45, 7) is 0.0107. The van der Waals surface area contributed by atoms with Gasteiger partial charge in [0.05, 0.1) is 6.61 Å². The topological polar surface area (TPSA) is 19.9 Å². The summed E-state index contributed by atoms with van der Waals surface area (Å²) < 4.78 is 0. The van der Waals surface area contributed by atoms with E-state index in [1.807, 2.05) is 24.3 Å². The lowest BCUT2D eigenvalue weighted by Crippen LogP contribution is -1.79. The zero-order valence-electron chi connectivity index (χ0n) is 8.38. The molecule has 81 valence electrons. The van der Waals surface area contributed by atoms with Crippen LogP contribution < -0.4 is 0 Å². The second-order valence-electron chi connectivity index (χ2n) is 3.31. The predicted molar refractivity (Wildman–Crippen MR) is 64.9 cm³/mol. The van der Waals surface area contributed by atoms with Gasteiger partial charge < -0.3 is 0 Å². The molecular formula is C12H13Cl2O. The van der Waals surface area contributed by atoms with Crippen molar-refractivity contribution in [3.8, 4) is 0 Å². The maximum absolute atomic E-state index is 10.2. The van der Waals surface area contributed by atoms with E-state index in [1.165, 1.54) is 0 Å². The van der Waals surface area contributed by atoms with Crippen molar-refractivity contribution in [1.29, 1.82) is 0 Å². The molecule has 1 aromatic rings. The van der Waals surface area contributed by atoms with E-state index in [9.17, 15) is 5.11 Å². The molecule has 1 nitrogen and oxygen atoms in total. The minimum absolute atomic E-state index is 0.0107. The van der Waals surface area contributed by atoms with E-state index in [1.54, 1.807) is 6.07 Å². The summed E-state index contributed by atoms with van der Waals surface area (Å²) in [7, 11) is 0. The van der Waals surface area contributed by atoms with E-state index in [4.69, 9.17) is 23.2 Å². The van der Waals surface area contributed by atoms with E-state index in [0.29, 0.717) is 10.0 Å². The Kier molecular flexibility index (Phi) is 5.77. The average Bonchev–Trinajstić information content (AvgIpc) is 2.16. The van der Waals surface area contributed by atoms with E-state index >= 15 is 0 Å². The molecule has 0 spiro atoms. The third kappa shape index (κ3) is 5.22. The van der Waals surface area contributed by atoms with Gasteiger partial charge in [0.1, 0.15) is 0 Å². The maximum atomic E-state index is 10.2. The van der Waals surface area contributed by atoms with Crippen molar-refractivity contribution in [1.82, 2.24) is 0 Å². The highest BCUT2D eigenvalue weighted by molar-refractivity contribution is 6.34. The molecule has 0 fully saturated rings. The minimum atomic E-state index is 0.0107. The third-order valence-corrected chi connectivity index (χ3v) is 2.40. The first-order valence-corrected chi connectivity index (χ1v) is 5.68. The first kappa shape index (κ1) is 12.6. The summed E-state index contributed by atoms with van der Waals surface area (Å²) in [5.74, 6) is 0. The van der Waals surface area contributed by atoms with Gasteiger partial charge >= 0.3 is 0 Å². The average molecular weight is 244 g/mol. The highest BCUT2D eigenvalue weighted by atomic mass is 35.5. The van der Waals surface area contributed by atoms with Crippen LogP contribution in [0.2, 0.25) is 10.0 Å². The normalized spacial score (nSPS) is 11.1. The third-order valence-electron chi connectivity index (χ3n) is 1.96. The van der Waals surface area contributed by atoms with Crippen LogP contribution in [-0.4, -0.2) is 6.61 Å². The number of benzene rings is 1. The molecule has 0 saturated carbocycles. The van der Waals surface area contributed by atoms with Gasteiger partial charge in [-0.1, -0.05) is 35.4 Å². The van der Waals surface area contributed by atoms with Crippen molar-refractivity contribution >= 4 is 29.3 Å². The van der Waals surface area contributed by atoms with Crippen LogP contribution in [0.4, 0.5) is 0 Å². The van der Waals surface area contributed by atoms with Crippen molar-refractivity contribution in [2.24, 2.45) is 0 Å². The fraction of sp³-hybridized carbons (Fsp3) is 0.333. The van der Waals surface area contributed by atoms with Crippen molar-refractivity contribution in [2.75, 3.05) is 6.61 Å². The number of rotatable bonds is 5. The van der Waals surface area contributed by atoms with Crippen LogP contribution in [0, 0.1) is 0 Å². The molecule has 0 unspecified atom stereocenters. The molecule has 0 aliphatic carbocycles. The molecule has 3 heteroatoms. The van der Waals surface area contributed by atoms with Crippen LogP contribution in [0.15, 0.2) is 24.3 Å². The zero-order chi connectivity index (χ0) is 11.1. The maximum Gasteiger partial charge on any atom is 0.0822 e. The molecule has 1 rings (SSSR count). The van der Waals surface area contributed by atoms with Gasteiger partial charge in [0, 0.05) is 10.0 Å². The van der Waals surface area contributed by atoms with Crippen molar-refractivity contribution < 1.29 is 5.11 Å². The van der Waals surface area contributed by atoms with E-state index in [-0.39, 0.29) is 6.61 Å². The SMILES string of the molecule is [O]CCCC/C=C/c1cc(Cl)cc(Cl)c1. The molecule has 0 aliphatic rings. The highest BCUT2D eigenvalue weighted by Gasteiger charge is 1.94. The molecule has 0 bridgehead atoms. The number of hydrogen-bond donors (Lipinski definition) is 0. The summed E-state index contributed by atoms with van der Waals surface area (Å²) in [5, 5.41) is 11.5. The Balaban J connectivity index is 2.49. The Morgan fingerprint density at radius 3 is 2.33 bits per heavy atom. The van der Waals surface area contributed by atoms with E-state index in [2.05, 4.69) is 0 Å². The monoisotopic (exact) mass is 243 g/mol. The summed E-state index contributed by atoms with van der Waals surface area (Å²) in [4.78, 5) is 0. The molecule has 0 heterocycles. The molecule has 0 N–H and O–H groups in total. The molecule has 1 radical (unpaired) electrons. The molecule has 0 aromatic heterocycles. The number of allylic oxidation sites excluding steroid dienone is 1. The Bertz CT molecular complexity index is 314. The lowest BCUT2D eigenvalue weighted by atomic mass is 10.1. The van der Waals surface area contributed by atoms with Gasteiger partial charge in [-0.2, -0.15) is 0 Å². The van der Waals surface area contributed by atoms with Gasteiger partial charge in [0.25, 0.3) is 0 Å². The predicted octanol–water partition coefficient (Wildman–Crippen LogP) is 4.61. The van der Waals surface area contributed by atoms with Gasteiger partial charge in [-0.15, -0.1) is 0 Å². The zero-order valence-corrected chi connectivity index (χ0v) is 9.89. The van der Waals surface area contributed by atoms with Crippen LogP contribution >= 0.6 is 23.2 Å². The number of unbranched alkanes of at least 4 members (excludes halogenated alkanes) is 2. The molecule has 0 aliphatic heterocycles. The lowest BCUT2D eigenvalue weighted by molar-refractivity contribution is 0.187. The van der Waals surface area contributed by atoms with E-state index < -0.39 is 0 Å². The number of hydrogen-bond acceptors (Lipinski definition) is 0. The Hall–Kier alpha value is -0.500. The van der Waals surface area contributed by atoms with Crippen molar-refractivity contribution in [2.45, 2.75) is 19.3 Å². The summed E-state index contributed by atoms with van der Waals surface area (Å²) >= 11 is 11.7. The van der Waals surface area contributed by atoms with Crippen molar-refractivity contribution in [3.05, 3.63) is 39.9 Å². The van der Waals surface area contributed by atoms with Crippen molar-refractivity contribution in [3.63, 3.8) is 0 Å². The van der Waals surface area contributed by atoms with Crippen LogP contribution in [0.3, 0.4) is 0 Å². The van der Waals surface area contributed by atoms with Gasteiger partial charge in [-0.05, 0) is 43.0 Å². The van der Waals surface area contributed by atoms with Crippen LogP contribution in [-0.2, 0) is 5.11 Å². The fourth-order valence-corrected chi connectivity index (χ4v) is 1.80. The lowest BCUT2D eigenvalue weighted by Gasteiger charge is -1.97. The second kappa shape index (κ2) is 6.89.